The number of carboxylic acids is 2. The van der Waals surface area contributed by atoms with Gasteiger partial charge in [-0.05, 0) is 12.8 Å². The molecule has 0 heterocycles. The number of hydrogen-bond acceptors (Lipinski definition) is 3. The van der Waals surface area contributed by atoms with Crippen molar-refractivity contribution in [3.8, 4) is 0 Å². The second-order valence-corrected chi connectivity index (χ2v) is 1.81. The third-order valence-corrected chi connectivity index (χ3v) is 0.945. The number of aliphatic carboxylic acids is 2. The molecule has 0 saturated heterocycles. The monoisotopic (exact) mass is 164 g/mol. The van der Waals surface area contributed by atoms with Crippen LogP contribution in [0, 0.1) is 0 Å². The number of hydrogen-bond donors (Lipinski definition) is 3. The zero-order valence-corrected chi connectivity index (χ0v) is 5.70. The Labute approximate surface area is 68.0 Å². The predicted octanol–water partition coefficient (Wildman–Crippen LogP) is -0.347. The minimum Gasteiger partial charge on any atom is -0.481 e. The van der Waals surface area contributed by atoms with Crippen LogP contribution in [0.4, 0.5) is 0 Å². The summed E-state index contributed by atoms with van der Waals surface area (Å²) in [6, 6.07) is -2.34. The Kier molecular flexibility index (Phi) is 2.35. The largest absolute Gasteiger partial charge is 0.481 e. The summed E-state index contributed by atoms with van der Waals surface area (Å²) in [5.41, 5.74) is 4.97. The van der Waals surface area contributed by atoms with Crippen molar-refractivity contribution < 1.29 is 23.9 Å². The topological polar surface area (TPSA) is 101 Å². The normalized spacial score (nSPS) is 20.6. The van der Waals surface area contributed by atoms with E-state index in [2.05, 4.69) is 0 Å². The van der Waals surface area contributed by atoms with Crippen LogP contribution in [-0.2, 0) is 9.59 Å². The minimum absolute atomic E-state index is 0.568. The molecule has 0 aliphatic rings. The summed E-state index contributed by atoms with van der Waals surface area (Å²) < 4.78 is 20.9. The standard InChI is InChI=1S/C6H11NO4/c7-4(6(10)11)2-1-3-5(8)9/h4H,1-3,7H2,(H,8,9)(H,10,11)/i3D2,4D. The summed E-state index contributed by atoms with van der Waals surface area (Å²) in [5.74, 6) is -3.31. The van der Waals surface area contributed by atoms with E-state index >= 15 is 0 Å². The van der Waals surface area contributed by atoms with Gasteiger partial charge in [-0.25, -0.2) is 0 Å². The molecule has 0 fully saturated rings. The number of carboxylic acid groups (broad SMARTS) is 2. The van der Waals surface area contributed by atoms with Crippen LogP contribution in [0.25, 0.3) is 0 Å². The van der Waals surface area contributed by atoms with Gasteiger partial charge in [-0.1, -0.05) is 0 Å². The highest BCUT2D eigenvalue weighted by molar-refractivity contribution is 5.73. The molecule has 5 nitrogen and oxygen atoms in total. The van der Waals surface area contributed by atoms with E-state index < -0.39 is 37.2 Å². The molecule has 0 bridgehead atoms. The molecule has 0 rings (SSSR count). The van der Waals surface area contributed by atoms with Gasteiger partial charge in [-0.2, -0.15) is 0 Å². The van der Waals surface area contributed by atoms with Gasteiger partial charge in [0.05, 0.1) is 1.37 Å². The van der Waals surface area contributed by atoms with E-state index in [0.29, 0.717) is 0 Å². The molecule has 0 aliphatic heterocycles. The van der Waals surface area contributed by atoms with E-state index in [1.807, 2.05) is 0 Å². The van der Waals surface area contributed by atoms with Gasteiger partial charge in [-0.3, -0.25) is 9.59 Å². The predicted molar refractivity (Wildman–Crippen MR) is 37.1 cm³/mol. The van der Waals surface area contributed by atoms with Crippen molar-refractivity contribution in [1.82, 2.24) is 0 Å². The average molecular weight is 164 g/mol. The number of carbonyl (C=O) groups is 2. The Morgan fingerprint density at radius 2 is 2.18 bits per heavy atom. The molecule has 0 aromatic heterocycles. The highest BCUT2D eigenvalue weighted by Gasteiger charge is 2.10. The number of nitrogens with two attached hydrogens (primary N) is 1. The fraction of sp³-hybridized carbons (Fsp3) is 0.667. The quantitative estimate of drug-likeness (QED) is 0.515. The van der Waals surface area contributed by atoms with Crippen LogP contribution in [0.15, 0.2) is 0 Å². The lowest BCUT2D eigenvalue weighted by molar-refractivity contribution is -0.140. The molecule has 0 amide bonds. The summed E-state index contributed by atoms with van der Waals surface area (Å²) in [5, 5.41) is 16.7. The van der Waals surface area contributed by atoms with E-state index in [1.54, 1.807) is 0 Å². The Morgan fingerprint density at radius 3 is 2.55 bits per heavy atom. The molecule has 4 N–H and O–H groups in total. The van der Waals surface area contributed by atoms with Gasteiger partial charge < -0.3 is 15.9 Å². The number of rotatable bonds is 5. The van der Waals surface area contributed by atoms with E-state index in [4.69, 9.17) is 20.1 Å². The van der Waals surface area contributed by atoms with Crippen molar-refractivity contribution in [3.63, 3.8) is 0 Å². The third kappa shape index (κ3) is 5.35. The van der Waals surface area contributed by atoms with Crippen molar-refractivity contribution in [1.29, 1.82) is 0 Å². The van der Waals surface area contributed by atoms with Crippen LogP contribution in [0.1, 0.15) is 23.3 Å². The first-order valence-electron chi connectivity index (χ1n) is 4.35. The van der Waals surface area contributed by atoms with Crippen LogP contribution in [0.5, 0.6) is 0 Å². The second kappa shape index (κ2) is 4.68. The Morgan fingerprint density at radius 1 is 1.64 bits per heavy atom. The molecule has 1 atom stereocenters. The maximum absolute atomic E-state index is 10.3. The van der Waals surface area contributed by atoms with Gasteiger partial charge in [0.25, 0.3) is 0 Å². The van der Waals surface area contributed by atoms with E-state index in [9.17, 15) is 9.59 Å². The van der Waals surface area contributed by atoms with Crippen LogP contribution >= 0.6 is 0 Å². The van der Waals surface area contributed by atoms with E-state index in [-0.39, 0.29) is 0 Å². The van der Waals surface area contributed by atoms with Crippen molar-refractivity contribution in [2.75, 3.05) is 0 Å². The molecule has 0 spiro atoms. The van der Waals surface area contributed by atoms with Gasteiger partial charge in [-0.15, -0.1) is 0 Å². The molecule has 5 heteroatoms. The van der Waals surface area contributed by atoms with E-state index in [0.717, 1.165) is 0 Å². The average Bonchev–Trinajstić information content (AvgIpc) is 2.01. The summed E-state index contributed by atoms with van der Waals surface area (Å²) >= 11 is 0. The lowest BCUT2D eigenvalue weighted by Gasteiger charge is -2.02. The van der Waals surface area contributed by atoms with Crippen molar-refractivity contribution in [2.24, 2.45) is 5.73 Å². The highest BCUT2D eigenvalue weighted by atomic mass is 16.4. The lowest BCUT2D eigenvalue weighted by Crippen LogP contribution is -2.29. The van der Waals surface area contributed by atoms with Crippen molar-refractivity contribution in [2.45, 2.75) is 25.2 Å². The highest BCUT2D eigenvalue weighted by Crippen LogP contribution is 1.98. The smallest absolute Gasteiger partial charge is 0.320 e. The first kappa shape index (κ1) is 5.54. The van der Waals surface area contributed by atoms with Gasteiger partial charge in [0.2, 0.25) is 0 Å². The fourth-order valence-corrected chi connectivity index (χ4v) is 0.411. The van der Waals surface area contributed by atoms with Crippen LogP contribution in [0.3, 0.4) is 0 Å². The molecule has 0 saturated carbocycles. The maximum atomic E-state index is 10.3. The SMILES string of the molecule is [2H]C([2H])(CCC([2H])(N)C(=O)O)C(=O)O. The van der Waals surface area contributed by atoms with Gasteiger partial charge >= 0.3 is 11.9 Å². The first-order valence-corrected chi connectivity index (χ1v) is 2.85. The molecule has 0 aliphatic carbocycles. The molecular weight excluding hydrogens is 150 g/mol. The lowest BCUT2D eigenvalue weighted by atomic mass is 10.1. The minimum atomic E-state index is -2.55. The Bertz CT molecular complexity index is 227. The maximum Gasteiger partial charge on any atom is 0.320 e. The Balaban J connectivity index is 4.32. The van der Waals surface area contributed by atoms with E-state index in [1.165, 1.54) is 0 Å². The molecule has 0 radical (unpaired) electrons. The van der Waals surface area contributed by atoms with Gasteiger partial charge in [0.15, 0.2) is 0 Å². The fourth-order valence-electron chi connectivity index (χ4n) is 0.411. The van der Waals surface area contributed by atoms with Crippen LogP contribution < -0.4 is 5.73 Å². The van der Waals surface area contributed by atoms with Crippen molar-refractivity contribution >= 4 is 11.9 Å². The molecule has 1 unspecified atom stereocenters. The molecule has 64 valence electrons. The van der Waals surface area contributed by atoms with Crippen LogP contribution in [-0.4, -0.2) is 28.2 Å². The molecule has 0 aromatic carbocycles. The molecular formula is C6H11NO4. The zero-order chi connectivity index (χ0) is 11.6. The zero-order valence-electron chi connectivity index (χ0n) is 8.70. The summed E-state index contributed by atoms with van der Waals surface area (Å²) in [7, 11) is 0. The van der Waals surface area contributed by atoms with Gasteiger partial charge in [0.1, 0.15) is 6.02 Å². The van der Waals surface area contributed by atoms with Crippen molar-refractivity contribution in [3.05, 3.63) is 0 Å². The second-order valence-electron chi connectivity index (χ2n) is 1.81. The summed E-state index contributed by atoms with van der Waals surface area (Å²) in [6.45, 7) is 0. The van der Waals surface area contributed by atoms with Gasteiger partial charge in [0, 0.05) is 9.11 Å². The first-order chi connectivity index (χ1) is 6.09. The van der Waals surface area contributed by atoms with Crippen LogP contribution in [0.2, 0.25) is 0 Å². The molecule has 11 heavy (non-hydrogen) atoms. The Hall–Kier alpha value is -1.10. The third-order valence-electron chi connectivity index (χ3n) is 0.945. The molecule has 0 aromatic rings. The summed E-state index contributed by atoms with van der Waals surface area (Å²) in [6.07, 6.45) is -3.74. The summed E-state index contributed by atoms with van der Waals surface area (Å²) in [4.78, 5) is 20.6.